The predicted molar refractivity (Wildman–Crippen MR) is 144 cm³/mol. The summed E-state index contributed by atoms with van der Waals surface area (Å²) in [5.74, 6) is -4.39. The number of carbonyl (C=O) groups is 4. The summed E-state index contributed by atoms with van der Waals surface area (Å²) in [6, 6.07) is 15.3. The van der Waals surface area contributed by atoms with E-state index in [0.29, 0.717) is 11.3 Å². The fraction of sp³-hybridized carbons (Fsp3) is 0.276. The summed E-state index contributed by atoms with van der Waals surface area (Å²) in [7, 11) is 1.22. The molecule has 1 aromatic heterocycles. The Kier molecular flexibility index (Phi) is 10.2. The first kappa shape index (κ1) is 31.6. The number of nitrogens with zero attached hydrogens (tertiary/aromatic N) is 1. The van der Waals surface area contributed by atoms with E-state index in [1.54, 1.807) is 48.5 Å². The molecular formula is C29H29F3N4O6. The number of carbonyl (C=O) groups excluding carboxylic acids is 4. The third kappa shape index (κ3) is 9.04. The van der Waals surface area contributed by atoms with Crippen molar-refractivity contribution in [2.45, 2.75) is 44.8 Å². The molecule has 0 aliphatic rings. The Bertz CT molecular complexity index is 1420. The highest BCUT2D eigenvalue weighted by Gasteiger charge is 2.36. The van der Waals surface area contributed by atoms with E-state index in [4.69, 9.17) is 4.74 Å². The van der Waals surface area contributed by atoms with Gasteiger partial charge in [0.15, 0.2) is 0 Å². The molecule has 0 bridgehead atoms. The molecule has 13 heteroatoms. The van der Waals surface area contributed by atoms with E-state index in [-0.39, 0.29) is 24.3 Å². The SMILES string of the molecule is COc1ccc(OC(F)(F)F)cc1C(=O)NC(C)(C)C(=O)N[C@H](Cc1ccccc1)C(=O)C(=O)NCc1ccccn1. The zero-order valence-electron chi connectivity index (χ0n) is 23.0. The first-order valence-electron chi connectivity index (χ1n) is 12.6. The molecule has 3 rings (SSSR count). The molecule has 3 amide bonds. The van der Waals surface area contributed by atoms with Crippen LogP contribution in [0.1, 0.15) is 35.5 Å². The highest BCUT2D eigenvalue weighted by molar-refractivity contribution is 6.38. The minimum Gasteiger partial charge on any atom is -0.496 e. The van der Waals surface area contributed by atoms with E-state index >= 15 is 0 Å². The molecule has 0 radical (unpaired) electrons. The molecule has 0 aliphatic carbocycles. The summed E-state index contributed by atoms with van der Waals surface area (Å²) in [4.78, 5) is 56.3. The lowest BCUT2D eigenvalue weighted by atomic mass is 9.98. The van der Waals surface area contributed by atoms with Crippen molar-refractivity contribution in [3.63, 3.8) is 0 Å². The lowest BCUT2D eigenvalue weighted by Crippen LogP contribution is -2.59. The average Bonchev–Trinajstić information content (AvgIpc) is 2.95. The number of halogens is 3. The van der Waals surface area contributed by atoms with Gasteiger partial charge in [-0.15, -0.1) is 13.2 Å². The highest BCUT2D eigenvalue weighted by Crippen LogP contribution is 2.28. The Labute approximate surface area is 239 Å². The molecule has 3 aromatic rings. The molecule has 1 heterocycles. The second-order valence-corrected chi connectivity index (χ2v) is 9.57. The quantitative estimate of drug-likeness (QED) is 0.278. The van der Waals surface area contributed by atoms with E-state index < -0.39 is 47.2 Å². The minimum atomic E-state index is -4.99. The number of rotatable bonds is 12. The maximum Gasteiger partial charge on any atom is 0.573 e. The van der Waals surface area contributed by atoms with Gasteiger partial charge < -0.3 is 25.4 Å². The van der Waals surface area contributed by atoms with Crippen LogP contribution in [0.3, 0.4) is 0 Å². The van der Waals surface area contributed by atoms with Gasteiger partial charge >= 0.3 is 6.36 Å². The van der Waals surface area contributed by atoms with Gasteiger partial charge in [-0.1, -0.05) is 36.4 Å². The number of pyridine rings is 1. The average molecular weight is 587 g/mol. The number of nitrogens with one attached hydrogen (secondary N) is 3. The number of benzene rings is 2. The van der Waals surface area contributed by atoms with Crippen LogP contribution in [-0.2, 0) is 27.3 Å². The highest BCUT2D eigenvalue weighted by atomic mass is 19.4. The van der Waals surface area contributed by atoms with Crippen LogP contribution in [0.5, 0.6) is 11.5 Å². The number of ether oxygens (including phenoxy) is 2. The molecule has 0 spiro atoms. The minimum absolute atomic E-state index is 0.0160. The van der Waals surface area contributed by atoms with Crippen molar-refractivity contribution < 1.29 is 41.8 Å². The smallest absolute Gasteiger partial charge is 0.496 e. The molecule has 10 nitrogen and oxygen atoms in total. The van der Waals surface area contributed by atoms with E-state index in [1.807, 2.05) is 0 Å². The topological polar surface area (TPSA) is 136 Å². The Morgan fingerprint density at radius 3 is 2.26 bits per heavy atom. The second kappa shape index (κ2) is 13.6. The van der Waals surface area contributed by atoms with Crippen LogP contribution in [0, 0.1) is 0 Å². The standard InChI is InChI=1S/C29H29F3N4O6/c1-28(2,36-25(38)21-16-20(42-29(30,31)32)12-13-23(21)41-3)27(40)35-22(15-18-9-5-4-6-10-18)24(37)26(39)34-17-19-11-7-8-14-33-19/h4-14,16,22H,15,17H2,1-3H3,(H,34,39)(H,35,40)(H,36,38)/t22-/m1/s1. The fourth-order valence-corrected chi connectivity index (χ4v) is 3.79. The van der Waals surface area contributed by atoms with Crippen LogP contribution in [0.4, 0.5) is 13.2 Å². The zero-order chi connectivity index (χ0) is 30.9. The van der Waals surface area contributed by atoms with E-state index in [2.05, 4.69) is 25.7 Å². The number of ketones is 1. The van der Waals surface area contributed by atoms with Crippen LogP contribution in [0.2, 0.25) is 0 Å². The van der Waals surface area contributed by atoms with Gasteiger partial charge in [-0.05, 0) is 49.7 Å². The van der Waals surface area contributed by atoms with Crippen molar-refractivity contribution in [3.8, 4) is 11.5 Å². The number of alkyl halides is 3. The molecule has 42 heavy (non-hydrogen) atoms. The number of amides is 3. The Hall–Kier alpha value is -4.94. The Morgan fingerprint density at radius 1 is 0.952 bits per heavy atom. The normalized spacial score (nSPS) is 12.0. The summed E-state index contributed by atoms with van der Waals surface area (Å²) < 4.78 is 47.1. The van der Waals surface area contributed by atoms with Gasteiger partial charge in [0.1, 0.15) is 23.1 Å². The Balaban J connectivity index is 1.77. The maximum atomic E-state index is 13.3. The summed E-state index contributed by atoms with van der Waals surface area (Å²) >= 11 is 0. The predicted octanol–water partition coefficient (Wildman–Crippen LogP) is 3.11. The number of hydrogen-bond acceptors (Lipinski definition) is 7. The van der Waals surface area contributed by atoms with Crippen LogP contribution < -0.4 is 25.4 Å². The van der Waals surface area contributed by atoms with Gasteiger partial charge in [0, 0.05) is 12.6 Å². The first-order chi connectivity index (χ1) is 19.8. The van der Waals surface area contributed by atoms with Gasteiger partial charge in [-0.2, -0.15) is 0 Å². The fourth-order valence-electron chi connectivity index (χ4n) is 3.79. The summed E-state index contributed by atoms with van der Waals surface area (Å²) in [5, 5.41) is 7.45. The molecule has 0 aliphatic heterocycles. The largest absolute Gasteiger partial charge is 0.573 e. The summed E-state index contributed by atoms with van der Waals surface area (Å²) in [6.07, 6.45) is -3.49. The third-order valence-electron chi connectivity index (χ3n) is 5.93. The zero-order valence-corrected chi connectivity index (χ0v) is 23.0. The molecule has 1 atom stereocenters. The molecule has 0 unspecified atom stereocenters. The van der Waals surface area contributed by atoms with Crippen LogP contribution in [0.25, 0.3) is 0 Å². The second-order valence-electron chi connectivity index (χ2n) is 9.57. The van der Waals surface area contributed by atoms with Gasteiger partial charge in [-0.3, -0.25) is 24.2 Å². The van der Waals surface area contributed by atoms with E-state index in [1.165, 1.54) is 27.2 Å². The molecule has 2 aromatic carbocycles. The number of methoxy groups -OCH3 is 1. The van der Waals surface area contributed by atoms with Gasteiger partial charge in [0.05, 0.1) is 24.9 Å². The van der Waals surface area contributed by atoms with Gasteiger partial charge in [-0.25, -0.2) is 0 Å². The van der Waals surface area contributed by atoms with Crippen LogP contribution >= 0.6 is 0 Å². The van der Waals surface area contributed by atoms with Crippen molar-refractivity contribution in [3.05, 3.63) is 89.7 Å². The van der Waals surface area contributed by atoms with Crippen molar-refractivity contribution in [2.75, 3.05) is 7.11 Å². The molecule has 222 valence electrons. The molecule has 0 saturated carbocycles. The van der Waals surface area contributed by atoms with Crippen LogP contribution in [0.15, 0.2) is 72.9 Å². The third-order valence-corrected chi connectivity index (χ3v) is 5.93. The monoisotopic (exact) mass is 586 g/mol. The number of aromatic nitrogens is 1. The van der Waals surface area contributed by atoms with Crippen molar-refractivity contribution in [1.29, 1.82) is 0 Å². The van der Waals surface area contributed by atoms with Crippen molar-refractivity contribution in [1.82, 2.24) is 20.9 Å². The van der Waals surface area contributed by atoms with Gasteiger partial charge in [0.25, 0.3) is 11.8 Å². The summed E-state index contributed by atoms with van der Waals surface area (Å²) in [5.41, 5.74) is -0.846. The molecule has 3 N–H and O–H groups in total. The summed E-state index contributed by atoms with van der Waals surface area (Å²) in [6.45, 7) is 2.64. The van der Waals surface area contributed by atoms with E-state index in [0.717, 1.165) is 18.2 Å². The number of hydrogen-bond donors (Lipinski definition) is 3. The van der Waals surface area contributed by atoms with Crippen LogP contribution in [-0.4, -0.2) is 53.5 Å². The molecule has 0 saturated heterocycles. The number of Topliss-reactive ketones (excluding diaryl/α,β-unsaturated/α-hetero) is 1. The van der Waals surface area contributed by atoms with Crippen molar-refractivity contribution >= 4 is 23.5 Å². The first-order valence-corrected chi connectivity index (χ1v) is 12.6. The Morgan fingerprint density at radius 2 is 1.64 bits per heavy atom. The lowest BCUT2D eigenvalue weighted by molar-refractivity contribution is -0.274. The van der Waals surface area contributed by atoms with E-state index in [9.17, 15) is 32.3 Å². The molecule has 0 fully saturated rings. The molecular weight excluding hydrogens is 557 g/mol. The van der Waals surface area contributed by atoms with Crippen molar-refractivity contribution in [2.24, 2.45) is 0 Å². The van der Waals surface area contributed by atoms with Gasteiger partial charge in [0.2, 0.25) is 11.7 Å². The lowest BCUT2D eigenvalue weighted by Gasteiger charge is -2.28. The maximum absolute atomic E-state index is 13.3.